The Morgan fingerprint density at radius 2 is 0.531 bits per heavy atom. The summed E-state index contributed by atoms with van der Waals surface area (Å²) in [6.07, 6.45) is 52.8. The zero-order chi connectivity index (χ0) is 35.0. The van der Waals surface area contributed by atoms with Gasteiger partial charge in [-0.25, -0.2) is 0 Å². The standard InChI is InChI=1S/C45H91NO2.Li/c1-4-6-8-10-12-14-16-18-20-22-24-26-28-30-32-34-36-38-40-42-46(44(3)45(47)48)43-41-39-37-35-33-31-29-27-25-23-21-19-17-15-13-11-9-7-5-2;/h44H,4-43H2,1-3H3,(H,47,48);/q;+1/p-1. The minimum Gasteiger partial charge on any atom is -0.548 e. The van der Waals surface area contributed by atoms with Crippen molar-refractivity contribution < 1.29 is 28.8 Å². The van der Waals surface area contributed by atoms with Crippen LogP contribution in [0, 0.1) is 0 Å². The molecular formula is C45H90LiNO2. The number of unbranched alkanes of at least 4 members (excludes halogenated alkanes) is 36. The van der Waals surface area contributed by atoms with Gasteiger partial charge in [0.1, 0.15) is 0 Å². The van der Waals surface area contributed by atoms with Crippen LogP contribution in [-0.4, -0.2) is 30.0 Å². The Morgan fingerprint density at radius 3 is 0.694 bits per heavy atom. The zero-order valence-corrected chi connectivity index (χ0v) is 34.6. The number of carbonyl (C=O) groups is 1. The largest absolute Gasteiger partial charge is 1.00 e. The number of rotatable bonds is 42. The van der Waals surface area contributed by atoms with E-state index >= 15 is 0 Å². The minimum absolute atomic E-state index is 0. The number of carbonyl (C=O) groups excluding carboxylic acids is 1. The summed E-state index contributed by atoms with van der Waals surface area (Å²) in [5, 5.41) is 11.6. The maximum absolute atomic E-state index is 11.6. The molecule has 3 nitrogen and oxygen atoms in total. The van der Waals surface area contributed by atoms with Crippen molar-refractivity contribution in [3.63, 3.8) is 0 Å². The van der Waals surface area contributed by atoms with Gasteiger partial charge in [-0.1, -0.05) is 245 Å². The number of aliphatic carboxylic acids is 1. The molecule has 1 unspecified atom stereocenters. The molecule has 0 aliphatic rings. The van der Waals surface area contributed by atoms with E-state index in [0.717, 1.165) is 25.9 Å². The second kappa shape index (κ2) is 44.2. The number of carboxylic acids is 1. The molecule has 49 heavy (non-hydrogen) atoms. The van der Waals surface area contributed by atoms with Crippen molar-refractivity contribution in [2.75, 3.05) is 13.1 Å². The van der Waals surface area contributed by atoms with Crippen molar-refractivity contribution in [2.24, 2.45) is 0 Å². The van der Waals surface area contributed by atoms with Crippen LogP contribution in [0.3, 0.4) is 0 Å². The van der Waals surface area contributed by atoms with Crippen molar-refractivity contribution in [3.05, 3.63) is 0 Å². The molecule has 0 spiro atoms. The summed E-state index contributed by atoms with van der Waals surface area (Å²) in [4.78, 5) is 13.8. The van der Waals surface area contributed by atoms with Crippen LogP contribution in [0.15, 0.2) is 0 Å². The fourth-order valence-corrected chi connectivity index (χ4v) is 7.43. The van der Waals surface area contributed by atoms with E-state index in [1.54, 1.807) is 0 Å². The predicted octanol–water partition coefficient (Wildman–Crippen LogP) is 11.3. The van der Waals surface area contributed by atoms with E-state index in [2.05, 4.69) is 18.7 Å². The third-order valence-corrected chi connectivity index (χ3v) is 11.0. The van der Waals surface area contributed by atoms with Gasteiger partial charge in [0.15, 0.2) is 0 Å². The van der Waals surface area contributed by atoms with Crippen molar-refractivity contribution in [1.29, 1.82) is 0 Å². The quantitative estimate of drug-likeness (QED) is 0.0475. The molecule has 0 amide bonds. The molecule has 0 aromatic carbocycles. The monoisotopic (exact) mass is 684 g/mol. The molecule has 0 aromatic heterocycles. The predicted molar refractivity (Wildman–Crippen MR) is 213 cm³/mol. The summed E-state index contributed by atoms with van der Waals surface area (Å²) in [7, 11) is 0. The van der Waals surface area contributed by atoms with Gasteiger partial charge < -0.3 is 9.90 Å². The summed E-state index contributed by atoms with van der Waals surface area (Å²) in [5.41, 5.74) is 0. The summed E-state index contributed by atoms with van der Waals surface area (Å²) >= 11 is 0. The molecule has 1 atom stereocenters. The summed E-state index contributed by atoms with van der Waals surface area (Å²) < 4.78 is 0. The van der Waals surface area contributed by atoms with Gasteiger partial charge >= 0.3 is 18.9 Å². The third-order valence-electron chi connectivity index (χ3n) is 11.0. The Kier molecular flexibility index (Phi) is 46.1. The molecule has 288 valence electrons. The first-order valence-corrected chi connectivity index (χ1v) is 22.6. The molecular weight excluding hydrogens is 593 g/mol. The van der Waals surface area contributed by atoms with E-state index in [4.69, 9.17) is 0 Å². The van der Waals surface area contributed by atoms with Gasteiger partial charge in [-0.05, 0) is 32.9 Å². The third kappa shape index (κ3) is 40.7. The van der Waals surface area contributed by atoms with E-state index in [-0.39, 0.29) is 18.9 Å². The first kappa shape index (κ1) is 51.1. The second-order valence-electron chi connectivity index (χ2n) is 15.8. The molecule has 0 bridgehead atoms. The topological polar surface area (TPSA) is 43.4 Å². The van der Waals surface area contributed by atoms with Crippen LogP contribution in [0.1, 0.15) is 265 Å². The van der Waals surface area contributed by atoms with Crippen LogP contribution in [-0.2, 0) is 4.79 Å². The maximum atomic E-state index is 11.6. The van der Waals surface area contributed by atoms with Gasteiger partial charge in [0.05, 0.1) is 5.97 Å². The molecule has 0 radical (unpaired) electrons. The normalized spacial score (nSPS) is 12.1. The number of nitrogens with zero attached hydrogens (tertiary/aromatic N) is 1. The van der Waals surface area contributed by atoms with Crippen LogP contribution < -0.4 is 24.0 Å². The summed E-state index contributed by atoms with van der Waals surface area (Å²) in [6.45, 7) is 8.23. The van der Waals surface area contributed by atoms with Gasteiger partial charge in [0.25, 0.3) is 0 Å². The molecule has 0 aliphatic carbocycles. The van der Waals surface area contributed by atoms with E-state index in [1.807, 2.05) is 6.92 Å². The number of hydrogen-bond acceptors (Lipinski definition) is 3. The fraction of sp³-hybridized carbons (Fsp3) is 0.978. The zero-order valence-electron chi connectivity index (χ0n) is 34.6. The van der Waals surface area contributed by atoms with E-state index in [9.17, 15) is 9.90 Å². The van der Waals surface area contributed by atoms with Crippen LogP contribution >= 0.6 is 0 Å². The molecule has 0 aromatic rings. The Labute approximate surface area is 322 Å². The van der Waals surface area contributed by atoms with Gasteiger partial charge in [0.2, 0.25) is 0 Å². The van der Waals surface area contributed by atoms with Crippen LogP contribution in [0.2, 0.25) is 0 Å². The molecule has 0 rings (SSSR count). The van der Waals surface area contributed by atoms with Crippen molar-refractivity contribution in [1.82, 2.24) is 4.90 Å². The van der Waals surface area contributed by atoms with Crippen molar-refractivity contribution in [2.45, 2.75) is 271 Å². The van der Waals surface area contributed by atoms with Gasteiger partial charge in [0, 0.05) is 6.04 Å². The SMILES string of the molecule is CCCCCCCCCCCCCCCCCCCCCN(CCCCCCCCCCCCCCCCCCCCC)C(C)C(=O)[O-].[Li+]. The van der Waals surface area contributed by atoms with E-state index in [0.29, 0.717) is 0 Å². The first-order valence-electron chi connectivity index (χ1n) is 22.6. The van der Waals surface area contributed by atoms with Crippen molar-refractivity contribution >= 4 is 5.97 Å². The van der Waals surface area contributed by atoms with Gasteiger partial charge in [-0.3, -0.25) is 4.90 Å². The number of carboxylic acid groups (broad SMARTS) is 1. The Hall–Kier alpha value is 0.0274. The average molecular weight is 684 g/mol. The second-order valence-corrected chi connectivity index (χ2v) is 15.8. The van der Waals surface area contributed by atoms with Crippen LogP contribution in [0.4, 0.5) is 0 Å². The molecule has 0 N–H and O–H groups in total. The molecule has 0 heterocycles. The van der Waals surface area contributed by atoms with Crippen molar-refractivity contribution in [3.8, 4) is 0 Å². The average Bonchev–Trinajstić information content (AvgIpc) is 3.09. The van der Waals surface area contributed by atoms with Crippen LogP contribution in [0.5, 0.6) is 0 Å². The first-order chi connectivity index (χ1) is 23.6. The maximum Gasteiger partial charge on any atom is 1.00 e. The van der Waals surface area contributed by atoms with E-state index < -0.39 is 12.0 Å². The fourth-order valence-electron chi connectivity index (χ4n) is 7.43. The molecule has 4 heteroatoms. The molecule has 0 aliphatic heterocycles. The van der Waals surface area contributed by atoms with Gasteiger partial charge in [-0.15, -0.1) is 0 Å². The Bertz CT molecular complexity index is 573. The summed E-state index contributed by atoms with van der Waals surface area (Å²) in [5.74, 6) is -0.911. The summed E-state index contributed by atoms with van der Waals surface area (Å²) in [6, 6.07) is -0.462. The Morgan fingerprint density at radius 1 is 0.367 bits per heavy atom. The Balaban J connectivity index is 0. The number of hydrogen-bond donors (Lipinski definition) is 0. The molecule has 0 saturated carbocycles. The van der Waals surface area contributed by atoms with Crippen LogP contribution in [0.25, 0.3) is 0 Å². The van der Waals surface area contributed by atoms with E-state index in [1.165, 1.54) is 231 Å². The minimum atomic E-state index is -0.911. The molecule has 0 saturated heterocycles. The molecule has 0 fully saturated rings. The smallest absolute Gasteiger partial charge is 0.548 e. The van der Waals surface area contributed by atoms with Gasteiger partial charge in [-0.2, -0.15) is 0 Å².